The third kappa shape index (κ3) is 5.57. The number of aryl methyl sites for hydroxylation is 1. The van der Waals surface area contributed by atoms with E-state index in [0.29, 0.717) is 5.69 Å². The maximum absolute atomic E-state index is 13.2. The first-order valence-corrected chi connectivity index (χ1v) is 10.8. The number of amides is 1. The van der Waals surface area contributed by atoms with E-state index < -0.39 is 10.0 Å². The minimum absolute atomic E-state index is 0.00578. The van der Waals surface area contributed by atoms with E-state index in [-0.39, 0.29) is 23.4 Å². The molecule has 146 valence electrons. The fraction of sp³-hybridized carbons (Fsp3) is 0.381. The molecule has 0 aliphatic rings. The first-order valence-electron chi connectivity index (χ1n) is 9.34. The fourth-order valence-corrected chi connectivity index (χ4v) is 4.33. The van der Waals surface area contributed by atoms with Gasteiger partial charge >= 0.3 is 0 Å². The lowest BCUT2D eigenvalue weighted by Gasteiger charge is -2.25. The Kier molecular flexibility index (Phi) is 7.42. The van der Waals surface area contributed by atoms with E-state index in [4.69, 9.17) is 0 Å². The van der Waals surface area contributed by atoms with Gasteiger partial charge in [-0.25, -0.2) is 8.42 Å². The third-order valence-electron chi connectivity index (χ3n) is 4.38. The molecule has 0 aliphatic carbocycles. The van der Waals surface area contributed by atoms with E-state index in [1.54, 1.807) is 42.5 Å². The van der Waals surface area contributed by atoms with Gasteiger partial charge in [-0.3, -0.25) is 9.10 Å². The first kappa shape index (κ1) is 21.0. The van der Waals surface area contributed by atoms with E-state index in [9.17, 15) is 13.2 Å². The molecule has 0 heterocycles. The highest BCUT2D eigenvalue weighted by molar-refractivity contribution is 7.92. The van der Waals surface area contributed by atoms with Crippen LogP contribution in [0.25, 0.3) is 0 Å². The van der Waals surface area contributed by atoms with E-state index in [1.165, 1.54) is 4.31 Å². The Morgan fingerprint density at radius 2 is 1.67 bits per heavy atom. The van der Waals surface area contributed by atoms with Crippen molar-refractivity contribution in [1.29, 1.82) is 0 Å². The van der Waals surface area contributed by atoms with Crippen LogP contribution in [0.15, 0.2) is 59.5 Å². The second-order valence-corrected chi connectivity index (χ2v) is 8.46. The number of rotatable bonds is 9. The quantitative estimate of drug-likeness (QED) is 0.711. The summed E-state index contributed by atoms with van der Waals surface area (Å²) < 4.78 is 27.5. The number of carbonyl (C=O) groups excluding carboxylic acids is 1. The molecule has 0 saturated heterocycles. The summed E-state index contributed by atoms with van der Waals surface area (Å²) in [7, 11) is -3.84. The molecule has 1 amide bonds. The van der Waals surface area contributed by atoms with Crippen LogP contribution in [0.4, 0.5) is 5.69 Å². The highest BCUT2D eigenvalue weighted by Gasteiger charge is 2.27. The zero-order chi connectivity index (χ0) is 19.9. The lowest BCUT2D eigenvalue weighted by atomic mass is 10.1. The lowest BCUT2D eigenvalue weighted by Crippen LogP contribution is -2.43. The SMILES string of the molecule is CCC[C@@H](C)NC(=O)CN(c1ccc(CC)cc1)S(=O)(=O)c1ccccc1. The maximum atomic E-state index is 13.2. The number of benzene rings is 2. The van der Waals surface area contributed by atoms with Gasteiger partial charge in [-0.2, -0.15) is 0 Å². The van der Waals surface area contributed by atoms with Crippen LogP contribution in [0.2, 0.25) is 0 Å². The van der Waals surface area contributed by atoms with Crippen LogP contribution in [-0.4, -0.2) is 26.9 Å². The van der Waals surface area contributed by atoms with Crippen LogP contribution < -0.4 is 9.62 Å². The molecule has 0 radical (unpaired) electrons. The molecule has 5 nitrogen and oxygen atoms in total. The molecule has 1 N–H and O–H groups in total. The van der Waals surface area contributed by atoms with Crippen LogP contribution in [-0.2, 0) is 21.2 Å². The maximum Gasteiger partial charge on any atom is 0.264 e. The lowest BCUT2D eigenvalue weighted by molar-refractivity contribution is -0.120. The molecule has 27 heavy (non-hydrogen) atoms. The minimum Gasteiger partial charge on any atom is -0.352 e. The van der Waals surface area contributed by atoms with Gasteiger partial charge in [0.25, 0.3) is 10.0 Å². The number of nitrogens with zero attached hydrogens (tertiary/aromatic N) is 1. The average molecular weight is 389 g/mol. The van der Waals surface area contributed by atoms with Gasteiger partial charge in [-0.1, -0.05) is 50.6 Å². The third-order valence-corrected chi connectivity index (χ3v) is 6.17. The van der Waals surface area contributed by atoms with Crippen molar-refractivity contribution in [2.45, 2.75) is 51.0 Å². The van der Waals surface area contributed by atoms with Crippen molar-refractivity contribution >= 4 is 21.6 Å². The van der Waals surface area contributed by atoms with Gasteiger partial charge in [-0.05, 0) is 49.6 Å². The van der Waals surface area contributed by atoms with Gasteiger partial charge in [0, 0.05) is 6.04 Å². The number of anilines is 1. The monoisotopic (exact) mass is 388 g/mol. The van der Waals surface area contributed by atoms with Crippen LogP contribution >= 0.6 is 0 Å². The van der Waals surface area contributed by atoms with Crippen molar-refractivity contribution in [3.63, 3.8) is 0 Å². The van der Waals surface area contributed by atoms with Gasteiger partial charge in [0.2, 0.25) is 5.91 Å². The summed E-state index contributed by atoms with van der Waals surface area (Å²) in [4.78, 5) is 12.7. The predicted octanol–water partition coefficient (Wildman–Crippen LogP) is 3.75. The highest BCUT2D eigenvalue weighted by Crippen LogP contribution is 2.24. The highest BCUT2D eigenvalue weighted by atomic mass is 32.2. The van der Waals surface area contributed by atoms with Crippen LogP contribution in [0.1, 0.15) is 39.2 Å². The van der Waals surface area contributed by atoms with Gasteiger partial charge in [0.15, 0.2) is 0 Å². The topological polar surface area (TPSA) is 66.5 Å². The Morgan fingerprint density at radius 1 is 1.04 bits per heavy atom. The molecule has 0 bridgehead atoms. The standard InChI is InChI=1S/C21H28N2O3S/c1-4-9-17(3)22-21(24)16-23(19-14-12-18(5-2)13-15-19)27(25,26)20-10-7-6-8-11-20/h6-8,10-15,17H,4-5,9,16H2,1-3H3,(H,22,24)/t17-/m1/s1. The number of nitrogens with one attached hydrogen (secondary N) is 1. The summed E-state index contributed by atoms with van der Waals surface area (Å²) in [6, 6.07) is 15.5. The zero-order valence-electron chi connectivity index (χ0n) is 16.2. The molecule has 0 spiro atoms. The second kappa shape index (κ2) is 9.55. The molecule has 2 rings (SSSR count). The number of sulfonamides is 1. The molecule has 0 aliphatic heterocycles. The van der Waals surface area contributed by atoms with Gasteiger partial charge in [0.1, 0.15) is 6.54 Å². The molecule has 6 heteroatoms. The van der Waals surface area contributed by atoms with Crippen LogP contribution in [0.3, 0.4) is 0 Å². The number of hydrogen-bond donors (Lipinski definition) is 1. The van der Waals surface area contributed by atoms with Crippen LogP contribution in [0.5, 0.6) is 0 Å². The Labute approximate surface area is 162 Å². The minimum atomic E-state index is -3.84. The Hall–Kier alpha value is -2.34. The van der Waals surface area contributed by atoms with E-state index >= 15 is 0 Å². The summed E-state index contributed by atoms with van der Waals surface area (Å²) in [6.07, 6.45) is 2.66. The molecule has 1 atom stereocenters. The Morgan fingerprint density at radius 3 is 2.22 bits per heavy atom. The molecular formula is C21H28N2O3S. The zero-order valence-corrected chi connectivity index (χ0v) is 17.0. The molecule has 2 aromatic carbocycles. The van der Waals surface area contributed by atoms with Crippen molar-refractivity contribution in [2.75, 3.05) is 10.8 Å². The number of hydrogen-bond acceptors (Lipinski definition) is 3. The van der Waals surface area contributed by atoms with Crippen molar-refractivity contribution in [2.24, 2.45) is 0 Å². The molecule has 0 fully saturated rings. The molecule has 0 unspecified atom stereocenters. The van der Waals surface area contributed by atoms with Gasteiger partial charge in [-0.15, -0.1) is 0 Å². The summed E-state index contributed by atoms with van der Waals surface area (Å²) in [6.45, 7) is 5.75. The van der Waals surface area contributed by atoms with Gasteiger partial charge < -0.3 is 5.32 Å². The summed E-state index contributed by atoms with van der Waals surface area (Å²) >= 11 is 0. The molecule has 0 saturated carbocycles. The van der Waals surface area contributed by atoms with Crippen molar-refractivity contribution < 1.29 is 13.2 Å². The first-order chi connectivity index (χ1) is 12.9. The summed E-state index contributed by atoms with van der Waals surface area (Å²) in [5.41, 5.74) is 1.59. The fourth-order valence-electron chi connectivity index (χ4n) is 2.89. The van der Waals surface area contributed by atoms with E-state index in [2.05, 4.69) is 5.32 Å². The smallest absolute Gasteiger partial charge is 0.264 e. The van der Waals surface area contributed by atoms with Crippen molar-refractivity contribution in [3.05, 3.63) is 60.2 Å². The molecular weight excluding hydrogens is 360 g/mol. The van der Waals surface area contributed by atoms with E-state index in [0.717, 1.165) is 24.8 Å². The predicted molar refractivity (Wildman–Crippen MR) is 109 cm³/mol. The van der Waals surface area contributed by atoms with Crippen molar-refractivity contribution in [3.8, 4) is 0 Å². The Bertz CT molecular complexity index is 833. The normalized spacial score (nSPS) is 12.4. The largest absolute Gasteiger partial charge is 0.352 e. The van der Waals surface area contributed by atoms with Crippen LogP contribution in [0, 0.1) is 0 Å². The van der Waals surface area contributed by atoms with Crippen molar-refractivity contribution in [1.82, 2.24) is 5.32 Å². The average Bonchev–Trinajstić information content (AvgIpc) is 2.67. The molecule has 2 aromatic rings. The number of carbonyl (C=O) groups is 1. The summed E-state index contributed by atoms with van der Waals surface area (Å²) in [5.74, 6) is -0.310. The Balaban J connectivity index is 2.35. The van der Waals surface area contributed by atoms with E-state index in [1.807, 2.05) is 32.9 Å². The molecule has 0 aromatic heterocycles. The summed E-state index contributed by atoms with van der Waals surface area (Å²) in [5, 5.41) is 2.88. The van der Waals surface area contributed by atoms with Gasteiger partial charge in [0.05, 0.1) is 10.6 Å². The second-order valence-electron chi connectivity index (χ2n) is 6.60.